The lowest BCUT2D eigenvalue weighted by Gasteiger charge is -2.26. The highest BCUT2D eigenvalue weighted by molar-refractivity contribution is 9.10. The second-order valence-corrected chi connectivity index (χ2v) is 7.53. The Hall–Kier alpha value is -2.26. The largest absolute Gasteiger partial charge is 0.383 e. The Kier molecular flexibility index (Phi) is 3.69. The van der Waals surface area contributed by atoms with Gasteiger partial charge in [-0.05, 0) is 17.7 Å². The van der Waals surface area contributed by atoms with Crippen LogP contribution in [0.15, 0.2) is 40.4 Å². The number of fused-ring (bicyclic) bond motifs is 1. The minimum atomic E-state index is -0.273. The molecule has 0 bridgehead atoms. The maximum Gasteiger partial charge on any atom is 0.143 e. The molecule has 5 nitrogen and oxygen atoms in total. The van der Waals surface area contributed by atoms with Crippen LogP contribution >= 0.6 is 15.9 Å². The topological polar surface area (TPSA) is 79.7 Å². The number of benzene rings is 1. The highest BCUT2D eigenvalue weighted by atomic mass is 79.9. The number of nitrogens with two attached hydrogens (primary N) is 1. The van der Waals surface area contributed by atoms with Gasteiger partial charge in [0.2, 0.25) is 0 Å². The van der Waals surface area contributed by atoms with E-state index in [1.807, 2.05) is 30.3 Å². The fourth-order valence-electron chi connectivity index (χ4n) is 2.54. The van der Waals surface area contributed by atoms with Gasteiger partial charge in [0, 0.05) is 16.0 Å². The lowest BCUT2D eigenvalue weighted by atomic mass is 9.92. The molecule has 1 unspecified atom stereocenters. The monoisotopic (exact) mass is 371 g/mol. The standard InChI is InChI=1S/C17H18BrN5/c1-17(2,3)13-8-14-21-15(10-4-6-11(18)7-5-10)12(9-19)16(20)23(14)22-13/h4-8,15,21H,20H2,1-3H3. The van der Waals surface area contributed by atoms with Crippen LogP contribution in [0.3, 0.4) is 0 Å². The highest BCUT2D eigenvalue weighted by Crippen LogP contribution is 2.36. The second-order valence-electron chi connectivity index (χ2n) is 6.62. The van der Waals surface area contributed by atoms with Crippen molar-refractivity contribution in [3.05, 3.63) is 51.6 Å². The first-order valence-corrected chi connectivity index (χ1v) is 8.13. The number of nitrogens with zero attached hydrogens (tertiary/aromatic N) is 3. The van der Waals surface area contributed by atoms with Crippen LogP contribution in [0.4, 0.5) is 5.82 Å². The van der Waals surface area contributed by atoms with E-state index in [2.05, 4.69) is 53.2 Å². The summed E-state index contributed by atoms with van der Waals surface area (Å²) in [4.78, 5) is 0. The molecule has 1 atom stereocenters. The minimum Gasteiger partial charge on any atom is -0.383 e. The molecule has 0 radical (unpaired) electrons. The van der Waals surface area contributed by atoms with E-state index >= 15 is 0 Å². The van der Waals surface area contributed by atoms with Crippen molar-refractivity contribution in [3.63, 3.8) is 0 Å². The number of nitriles is 1. The van der Waals surface area contributed by atoms with E-state index in [9.17, 15) is 5.26 Å². The molecule has 3 N–H and O–H groups in total. The molecule has 1 aliphatic heterocycles. The number of hydrogen-bond donors (Lipinski definition) is 2. The highest BCUT2D eigenvalue weighted by Gasteiger charge is 2.30. The van der Waals surface area contributed by atoms with Crippen molar-refractivity contribution in [1.29, 1.82) is 5.26 Å². The van der Waals surface area contributed by atoms with E-state index < -0.39 is 0 Å². The van der Waals surface area contributed by atoms with Crippen LogP contribution in [0.2, 0.25) is 0 Å². The molecule has 0 saturated carbocycles. The zero-order chi connectivity index (χ0) is 16.8. The zero-order valence-corrected chi connectivity index (χ0v) is 14.8. The molecular weight excluding hydrogens is 354 g/mol. The molecule has 2 heterocycles. The lowest BCUT2D eigenvalue weighted by molar-refractivity contribution is 0.560. The van der Waals surface area contributed by atoms with E-state index in [-0.39, 0.29) is 11.5 Å². The summed E-state index contributed by atoms with van der Waals surface area (Å²) in [5, 5.41) is 17.5. The molecule has 23 heavy (non-hydrogen) atoms. The summed E-state index contributed by atoms with van der Waals surface area (Å²) in [6.07, 6.45) is 0. The van der Waals surface area contributed by atoms with Crippen molar-refractivity contribution in [3.8, 4) is 6.07 Å². The third-order valence-electron chi connectivity index (χ3n) is 3.89. The summed E-state index contributed by atoms with van der Waals surface area (Å²) in [5.41, 5.74) is 8.52. The van der Waals surface area contributed by atoms with Crippen molar-refractivity contribution >= 4 is 27.6 Å². The molecular formula is C17H18BrN5. The quantitative estimate of drug-likeness (QED) is 0.799. The summed E-state index contributed by atoms with van der Waals surface area (Å²) < 4.78 is 2.61. The van der Waals surface area contributed by atoms with Gasteiger partial charge in [0.15, 0.2) is 0 Å². The molecule has 2 aromatic rings. The van der Waals surface area contributed by atoms with Crippen molar-refractivity contribution in [2.24, 2.45) is 5.73 Å². The number of nitrogens with one attached hydrogen (secondary N) is 1. The van der Waals surface area contributed by atoms with Gasteiger partial charge in [-0.3, -0.25) is 0 Å². The van der Waals surface area contributed by atoms with E-state index in [1.54, 1.807) is 4.68 Å². The molecule has 6 heteroatoms. The molecule has 1 aliphatic rings. The molecule has 0 fully saturated rings. The zero-order valence-electron chi connectivity index (χ0n) is 13.3. The first-order chi connectivity index (χ1) is 10.8. The summed E-state index contributed by atoms with van der Waals surface area (Å²) in [6, 6.07) is 11.8. The number of anilines is 1. The molecule has 0 saturated heterocycles. The SMILES string of the molecule is CC(C)(C)c1cc2n(n1)C(N)=C(C#N)C(c1ccc(Br)cc1)N2. The van der Waals surface area contributed by atoms with Gasteiger partial charge in [-0.15, -0.1) is 0 Å². The lowest BCUT2D eigenvalue weighted by Crippen LogP contribution is -2.26. The van der Waals surface area contributed by atoms with E-state index in [0.717, 1.165) is 21.5 Å². The van der Waals surface area contributed by atoms with Gasteiger partial charge in [0.1, 0.15) is 17.7 Å². The first-order valence-electron chi connectivity index (χ1n) is 7.34. The van der Waals surface area contributed by atoms with Crippen LogP contribution < -0.4 is 11.1 Å². The Morgan fingerprint density at radius 3 is 2.52 bits per heavy atom. The summed E-state index contributed by atoms with van der Waals surface area (Å²) in [5.74, 6) is 1.18. The number of halogens is 1. The Bertz CT molecular complexity index is 818. The third kappa shape index (κ3) is 2.73. The normalized spacial score (nSPS) is 17.4. The van der Waals surface area contributed by atoms with Gasteiger partial charge in [-0.2, -0.15) is 10.4 Å². The average molecular weight is 372 g/mol. The predicted octanol–water partition coefficient (Wildman–Crippen LogP) is 3.76. The van der Waals surface area contributed by atoms with Crippen LogP contribution in [-0.2, 0) is 5.41 Å². The molecule has 0 amide bonds. The maximum atomic E-state index is 9.56. The van der Waals surface area contributed by atoms with Crippen molar-refractivity contribution < 1.29 is 0 Å². The minimum absolute atomic E-state index is 0.0911. The second kappa shape index (κ2) is 5.43. The molecule has 3 rings (SSSR count). The van der Waals surface area contributed by atoms with Crippen LogP contribution in [-0.4, -0.2) is 9.78 Å². The Labute approximate surface area is 143 Å². The predicted molar refractivity (Wildman–Crippen MR) is 94.4 cm³/mol. The van der Waals surface area contributed by atoms with E-state index in [1.165, 1.54) is 0 Å². The van der Waals surface area contributed by atoms with Gasteiger partial charge in [0.25, 0.3) is 0 Å². The molecule has 118 valence electrons. The van der Waals surface area contributed by atoms with Crippen molar-refractivity contribution in [1.82, 2.24) is 9.78 Å². The summed E-state index contributed by atoms with van der Waals surface area (Å²) >= 11 is 3.43. The smallest absolute Gasteiger partial charge is 0.143 e. The molecule has 1 aromatic heterocycles. The van der Waals surface area contributed by atoms with Crippen LogP contribution in [0.25, 0.3) is 5.82 Å². The van der Waals surface area contributed by atoms with Crippen molar-refractivity contribution in [2.75, 3.05) is 5.32 Å². The Balaban J connectivity index is 2.10. The van der Waals surface area contributed by atoms with Gasteiger partial charge < -0.3 is 11.1 Å². The van der Waals surface area contributed by atoms with Gasteiger partial charge in [-0.1, -0.05) is 48.8 Å². The fourth-order valence-corrected chi connectivity index (χ4v) is 2.81. The first kappa shape index (κ1) is 15.6. The Morgan fingerprint density at radius 1 is 1.30 bits per heavy atom. The molecule has 0 spiro atoms. The van der Waals surface area contributed by atoms with Gasteiger partial charge in [0.05, 0.1) is 17.3 Å². The summed E-state index contributed by atoms with van der Waals surface area (Å²) in [6.45, 7) is 6.29. The fraction of sp³-hybridized carbons (Fsp3) is 0.294. The van der Waals surface area contributed by atoms with E-state index in [4.69, 9.17) is 5.73 Å². The molecule has 0 aliphatic carbocycles. The van der Waals surface area contributed by atoms with Crippen LogP contribution in [0.5, 0.6) is 0 Å². The van der Waals surface area contributed by atoms with Gasteiger partial charge in [-0.25, -0.2) is 4.68 Å². The summed E-state index contributed by atoms with van der Waals surface area (Å²) in [7, 11) is 0. The number of rotatable bonds is 1. The number of hydrogen-bond acceptors (Lipinski definition) is 4. The third-order valence-corrected chi connectivity index (χ3v) is 4.42. The Morgan fingerprint density at radius 2 is 1.96 bits per heavy atom. The van der Waals surface area contributed by atoms with Gasteiger partial charge >= 0.3 is 0 Å². The van der Waals surface area contributed by atoms with Crippen molar-refractivity contribution in [2.45, 2.75) is 32.2 Å². The number of aromatic nitrogens is 2. The average Bonchev–Trinajstić information content (AvgIpc) is 2.92. The maximum absolute atomic E-state index is 9.56. The van der Waals surface area contributed by atoms with Crippen LogP contribution in [0, 0.1) is 11.3 Å². The molecule has 1 aromatic carbocycles. The van der Waals surface area contributed by atoms with E-state index in [0.29, 0.717) is 11.4 Å². The van der Waals surface area contributed by atoms with Crippen LogP contribution in [0.1, 0.15) is 38.1 Å².